The molecule has 24 heavy (non-hydrogen) atoms. The Balaban J connectivity index is 2.71. The van der Waals surface area contributed by atoms with Crippen molar-refractivity contribution in [2.45, 2.75) is 26.2 Å². The molecule has 0 spiro atoms. The monoisotopic (exact) mass is 366 g/mol. The summed E-state index contributed by atoms with van der Waals surface area (Å²) in [5.74, 6) is -1.01. The maximum atomic E-state index is 12.5. The molecule has 2 rings (SSSR count). The fraction of sp³-hybridized carbons (Fsp3) is 0.294. The van der Waals surface area contributed by atoms with Crippen LogP contribution in [-0.4, -0.2) is 12.6 Å². The first-order valence-electron chi connectivity index (χ1n) is 7.37. The molecule has 1 atom stereocenters. The predicted molar refractivity (Wildman–Crippen MR) is 91.1 cm³/mol. The van der Waals surface area contributed by atoms with Crippen molar-refractivity contribution in [1.29, 1.82) is 5.26 Å². The molecule has 0 radical (unpaired) electrons. The van der Waals surface area contributed by atoms with Crippen LogP contribution < -0.4 is 5.73 Å². The summed E-state index contributed by atoms with van der Waals surface area (Å²) in [4.78, 5) is 12.5. The van der Waals surface area contributed by atoms with Crippen LogP contribution >= 0.6 is 23.2 Å². The minimum Gasteiger partial charge on any atom is -0.463 e. The van der Waals surface area contributed by atoms with E-state index in [-0.39, 0.29) is 23.6 Å². The average Bonchev–Trinajstić information content (AvgIpc) is 2.54. The lowest BCUT2D eigenvalue weighted by Gasteiger charge is -2.28. The van der Waals surface area contributed by atoms with E-state index in [1.165, 1.54) is 0 Å². The molecule has 1 aromatic carbocycles. The number of carbonyl (C=O) groups is 1. The standard InChI is InChI=1S/C17H16Cl2N2O3/c1-3-13-15(17(22)23-4-2)14(11(8-20)16(21)24-13)10-6-5-9(18)7-12(10)19/h5-7,14H,3-4,21H2,1-2H3. The molecule has 0 amide bonds. The SMILES string of the molecule is CCOC(=O)C1=C(CC)OC(N)=C(C#N)C1c1ccc(Cl)cc1Cl. The summed E-state index contributed by atoms with van der Waals surface area (Å²) in [6.07, 6.45) is 0.412. The first-order valence-corrected chi connectivity index (χ1v) is 8.12. The molecule has 1 aromatic rings. The van der Waals surface area contributed by atoms with E-state index in [1.807, 2.05) is 13.0 Å². The summed E-state index contributed by atoms with van der Waals surface area (Å²) in [5.41, 5.74) is 6.76. The quantitative estimate of drug-likeness (QED) is 0.812. The maximum Gasteiger partial charge on any atom is 0.338 e. The second kappa shape index (κ2) is 7.61. The Labute approximate surface area is 150 Å². The van der Waals surface area contributed by atoms with Gasteiger partial charge in [-0.15, -0.1) is 0 Å². The number of hydrogen-bond donors (Lipinski definition) is 1. The highest BCUT2D eigenvalue weighted by Crippen LogP contribution is 2.43. The van der Waals surface area contributed by atoms with Gasteiger partial charge in [-0.1, -0.05) is 36.2 Å². The number of carbonyl (C=O) groups excluding carboxylic acids is 1. The van der Waals surface area contributed by atoms with Crippen LogP contribution in [0.1, 0.15) is 31.7 Å². The fourth-order valence-electron chi connectivity index (χ4n) is 2.56. The average molecular weight is 367 g/mol. The van der Waals surface area contributed by atoms with Crippen molar-refractivity contribution in [3.63, 3.8) is 0 Å². The number of allylic oxidation sites excluding steroid dienone is 2. The maximum absolute atomic E-state index is 12.5. The van der Waals surface area contributed by atoms with E-state index in [2.05, 4.69) is 0 Å². The summed E-state index contributed by atoms with van der Waals surface area (Å²) in [7, 11) is 0. The van der Waals surface area contributed by atoms with Gasteiger partial charge in [0, 0.05) is 16.5 Å². The van der Waals surface area contributed by atoms with Crippen molar-refractivity contribution in [3.8, 4) is 6.07 Å². The van der Waals surface area contributed by atoms with E-state index in [0.29, 0.717) is 27.8 Å². The highest BCUT2D eigenvalue weighted by atomic mass is 35.5. The Morgan fingerprint density at radius 2 is 2.12 bits per heavy atom. The molecule has 1 aliphatic rings. The smallest absolute Gasteiger partial charge is 0.338 e. The largest absolute Gasteiger partial charge is 0.463 e. The van der Waals surface area contributed by atoms with Gasteiger partial charge in [0.05, 0.1) is 18.1 Å². The van der Waals surface area contributed by atoms with Gasteiger partial charge in [-0.05, 0) is 24.6 Å². The molecule has 0 aromatic heterocycles. The van der Waals surface area contributed by atoms with Gasteiger partial charge in [-0.25, -0.2) is 4.79 Å². The van der Waals surface area contributed by atoms with Crippen LogP contribution in [0, 0.1) is 11.3 Å². The molecule has 2 N–H and O–H groups in total. The van der Waals surface area contributed by atoms with Crippen molar-refractivity contribution >= 4 is 29.2 Å². The Morgan fingerprint density at radius 1 is 1.42 bits per heavy atom. The minimum absolute atomic E-state index is 0.0431. The first kappa shape index (κ1) is 18.2. The first-order chi connectivity index (χ1) is 11.4. The number of hydrogen-bond acceptors (Lipinski definition) is 5. The van der Waals surface area contributed by atoms with Gasteiger partial charge in [-0.2, -0.15) is 5.26 Å². The summed E-state index contributed by atoms with van der Waals surface area (Å²) in [6, 6.07) is 6.86. The van der Waals surface area contributed by atoms with Gasteiger partial charge in [0.15, 0.2) is 0 Å². The molecule has 5 nitrogen and oxygen atoms in total. The van der Waals surface area contributed by atoms with E-state index >= 15 is 0 Å². The van der Waals surface area contributed by atoms with E-state index in [4.69, 9.17) is 38.4 Å². The molecule has 0 fully saturated rings. The van der Waals surface area contributed by atoms with Gasteiger partial charge in [0.1, 0.15) is 17.4 Å². The molecule has 0 bridgehead atoms. The predicted octanol–water partition coefficient (Wildman–Crippen LogP) is 4.03. The third-order valence-corrected chi connectivity index (χ3v) is 4.15. The molecule has 126 valence electrons. The summed E-state index contributed by atoms with van der Waals surface area (Å²) in [5, 5.41) is 10.3. The van der Waals surface area contributed by atoms with Crippen molar-refractivity contribution in [1.82, 2.24) is 0 Å². The van der Waals surface area contributed by atoms with E-state index in [0.717, 1.165) is 0 Å². The van der Waals surface area contributed by atoms with Crippen LogP contribution in [-0.2, 0) is 14.3 Å². The van der Waals surface area contributed by atoms with Gasteiger partial charge >= 0.3 is 5.97 Å². The molecular formula is C17H16Cl2N2O3. The van der Waals surface area contributed by atoms with Crippen LogP contribution in [0.25, 0.3) is 0 Å². The molecule has 1 unspecified atom stereocenters. The molecule has 7 heteroatoms. The van der Waals surface area contributed by atoms with Crippen LogP contribution in [0.3, 0.4) is 0 Å². The van der Waals surface area contributed by atoms with Gasteiger partial charge in [0.2, 0.25) is 5.88 Å². The topological polar surface area (TPSA) is 85.3 Å². The summed E-state index contributed by atoms with van der Waals surface area (Å²) < 4.78 is 10.6. The second-order valence-corrected chi connectivity index (χ2v) is 5.85. The summed E-state index contributed by atoms with van der Waals surface area (Å²) in [6.45, 7) is 3.72. The highest BCUT2D eigenvalue weighted by molar-refractivity contribution is 6.35. The number of nitrogens with two attached hydrogens (primary N) is 1. The number of benzene rings is 1. The van der Waals surface area contributed by atoms with Gasteiger partial charge in [0.25, 0.3) is 0 Å². The summed E-state index contributed by atoms with van der Waals surface area (Å²) >= 11 is 12.2. The normalized spacial score (nSPS) is 17.4. The lowest BCUT2D eigenvalue weighted by atomic mass is 9.82. The number of nitrogens with zero attached hydrogens (tertiary/aromatic N) is 1. The number of halogens is 2. The number of esters is 1. The van der Waals surface area contributed by atoms with Crippen molar-refractivity contribution < 1.29 is 14.3 Å². The second-order valence-electron chi connectivity index (χ2n) is 5.00. The number of rotatable bonds is 4. The lowest BCUT2D eigenvalue weighted by Crippen LogP contribution is -2.26. The fourth-order valence-corrected chi connectivity index (χ4v) is 3.08. The molecular weight excluding hydrogens is 351 g/mol. The number of ether oxygens (including phenoxy) is 2. The van der Waals surface area contributed by atoms with Crippen LogP contribution in [0.2, 0.25) is 10.0 Å². The van der Waals surface area contributed by atoms with Crippen molar-refractivity contribution in [3.05, 3.63) is 56.6 Å². The number of nitriles is 1. The molecule has 1 aliphatic heterocycles. The van der Waals surface area contributed by atoms with E-state index < -0.39 is 11.9 Å². The Hall–Kier alpha value is -2.16. The van der Waals surface area contributed by atoms with Gasteiger partial charge in [-0.3, -0.25) is 0 Å². The van der Waals surface area contributed by atoms with Gasteiger partial charge < -0.3 is 15.2 Å². The highest BCUT2D eigenvalue weighted by Gasteiger charge is 2.38. The van der Waals surface area contributed by atoms with Crippen molar-refractivity contribution in [2.75, 3.05) is 6.61 Å². The Morgan fingerprint density at radius 3 is 2.67 bits per heavy atom. The molecule has 0 saturated heterocycles. The minimum atomic E-state index is -0.762. The van der Waals surface area contributed by atoms with Crippen LogP contribution in [0.5, 0.6) is 0 Å². The third kappa shape index (κ3) is 3.35. The van der Waals surface area contributed by atoms with E-state index in [1.54, 1.807) is 25.1 Å². The zero-order chi connectivity index (χ0) is 17.9. The lowest BCUT2D eigenvalue weighted by molar-refractivity contribution is -0.139. The zero-order valence-electron chi connectivity index (χ0n) is 13.2. The third-order valence-electron chi connectivity index (χ3n) is 3.59. The Kier molecular flexibility index (Phi) is 5.76. The van der Waals surface area contributed by atoms with Crippen LogP contribution in [0.15, 0.2) is 41.0 Å². The van der Waals surface area contributed by atoms with Crippen molar-refractivity contribution in [2.24, 2.45) is 5.73 Å². The zero-order valence-corrected chi connectivity index (χ0v) is 14.7. The van der Waals surface area contributed by atoms with E-state index in [9.17, 15) is 10.1 Å². The van der Waals surface area contributed by atoms with Crippen LogP contribution in [0.4, 0.5) is 0 Å². The molecule has 1 heterocycles. The molecule has 0 aliphatic carbocycles. The molecule has 0 saturated carbocycles. The Bertz CT molecular complexity index is 779.